The number of hydrogen-bond donors (Lipinski definition) is 2. The van der Waals surface area contributed by atoms with Gasteiger partial charge in [-0.15, -0.1) is 0 Å². The van der Waals surface area contributed by atoms with Gasteiger partial charge in [-0.25, -0.2) is 10.2 Å². The van der Waals surface area contributed by atoms with Gasteiger partial charge in [0.15, 0.2) is 0 Å². The van der Waals surface area contributed by atoms with E-state index in [0.29, 0.717) is 17.7 Å². The topological polar surface area (TPSA) is 58.4 Å². The Hall–Kier alpha value is -1.76. The van der Waals surface area contributed by atoms with E-state index in [1.807, 2.05) is 28.8 Å². The number of amides is 1. The van der Waals surface area contributed by atoms with E-state index in [9.17, 15) is 9.18 Å². The van der Waals surface area contributed by atoms with Crippen LogP contribution in [0.1, 0.15) is 21.5 Å². The third-order valence-electron chi connectivity index (χ3n) is 2.91. The SMILES string of the molecule is CN(Cc1ccsc1)Cc1cc(C(=O)NN)ccc1F. The average molecular weight is 293 g/mol. The largest absolute Gasteiger partial charge is 0.298 e. The van der Waals surface area contributed by atoms with Crippen molar-refractivity contribution >= 4 is 17.2 Å². The molecule has 1 heterocycles. The Bertz CT molecular complexity index is 586. The van der Waals surface area contributed by atoms with E-state index in [2.05, 4.69) is 5.38 Å². The second-order valence-electron chi connectivity index (χ2n) is 4.58. The molecule has 0 aliphatic heterocycles. The van der Waals surface area contributed by atoms with Crippen LogP contribution in [0.25, 0.3) is 0 Å². The van der Waals surface area contributed by atoms with E-state index < -0.39 is 5.91 Å². The fourth-order valence-corrected chi connectivity index (χ4v) is 2.62. The number of rotatable bonds is 5. The van der Waals surface area contributed by atoms with Gasteiger partial charge in [0.1, 0.15) is 5.82 Å². The molecule has 2 rings (SSSR count). The van der Waals surface area contributed by atoms with Gasteiger partial charge in [0.05, 0.1) is 0 Å². The maximum Gasteiger partial charge on any atom is 0.265 e. The predicted molar refractivity (Wildman–Crippen MR) is 77.5 cm³/mol. The third-order valence-corrected chi connectivity index (χ3v) is 3.64. The van der Waals surface area contributed by atoms with Crippen LogP contribution in [0.15, 0.2) is 35.0 Å². The molecule has 0 unspecified atom stereocenters. The lowest BCUT2D eigenvalue weighted by molar-refractivity contribution is 0.0953. The van der Waals surface area contributed by atoms with Gasteiger partial charge >= 0.3 is 0 Å². The van der Waals surface area contributed by atoms with Gasteiger partial charge in [-0.2, -0.15) is 11.3 Å². The zero-order valence-electron chi connectivity index (χ0n) is 11.1. The zero-order chi connectivity index (χ0) is 14.5. The zero-order valence-corrected chi connectivity index (χ0v) is 11.9. The molecule has 6 heteroatoms. The second kappa shape index (κ2) is 6.60. The van der Waals surface area contributed by atoms with Crippen molar-refractivity contribution in [2.75, 3.05) is 7.05 Å². The molecule has 0 radical (unpaired) electrons. The Morgan fingerprint density at radius 2 is 2.20 bits per heavy atom. The first-order valence-electron chi connectivity index (χ1n) is 6.09. The monoisotopic (exact) mass is 293 g/mol. The van der Waals surface area contributed by atoms with Crippen LogP contribution in [0.5, 0.6) is 0 Å². The van der Waals surface area contributed by atoms with Gasteiger partial charge in [-0.05, 0) is 47.6 Å². The molecular formula is C14H16FN3OS. The Balaban J connectivity index is 2.09. The molecule has 1 amide bonds. The van der Waals surface area contributed by atoms with Crippen LogP contribution < -0.4 is 11.3 Å². The summed E-state index contributed by atoms with van der Waals surface area (Å²) in [4.78, 5) is 13.4. The molecule has 0 atom stereocenters. The highest BCUT2D eigenvalue weighted by Crippen LogP contribution is 2.15. The van der Waals surface area contributed by atoms with Crippen LogP contribution in [0, 0.1) is 5.82 Å². The maximum absolute atomic E-state index is 13.8. The van der Waals surface area contributed by atoms with Crippen molar-refractivity contribution < 1.29 is 9.18 Å². The van der Waals surface area contributed by atoms with Crippen LogP contribution in [0.2, 0.25) is 0 Å². The smallest absolute Gasteiger partial charge is 0.265 e. The van der Waals surface area contributed by atoms with Gasteiger partial charge in [0.2, 0.25) is 0 Å². The van der Waals surface area contributed by atoms with Crippen LogP contribution in [-0.2, 0) is 13.1 Å². The van der Waals surface area contributed by atoms with Crippen LogP contribution >= 0.6 is 11.3 Å². The van der Waals surface area contributed by atoms with Crippen molar-refractivity contribution in [1.82, 2.24) is 10.3 Å². The van der Waals surface area contributed by atoms with Crippen molar-refractivity contribution in [3.63, 3.8) is 0 Å². The van der Waals surface area contributed by atoms with E-state index in [-0.39, 0.29) is 5.82 Å². The number of nitrogens with zero attached hydrogens (tertiary/aromatic N) is 1. The molecule has 0 aliphatic rings. The van der Waals surface area contributed by atoms with Crippen LogP contribution in [-0.4, -0.2) is 17.9 Å². The summed E-state index contributed by atoms with van der Waals surface area (Å²) in [7, 11) is 1.91. The molecule has 3 N–H and O–H groups in total. The summed E-state index contributed by atoms with van der Waals surface area (Å²) in [5.74, 6) is 4.33. The molecule has 0 saturated heterocycles. The molecule has 0 fully saturated rings. The first-order chi connectivity index (χ1) is 9.60. The minimum Gasteiger partial charge on any atom is -0.298 e. The summed E-state index contributed by atoms with van der Waals surface area (Å²) >= 11 is 1.63. The average Bonchev–Trinajstić information content (AvgIpc) is 2.93. The quantitative estimate of drug-likeness (QED) is 0.504. The van der Waals surface area contributed by atoms with E-state index in [1.54, 1.807) is 11.3 Å². The highest BCUT2D eigenvalue weighted by molar-refractivity contribution is 7.07. The normalized spacial score (nSPS) is 10.8. The second-order valence-corrected chi connectivity index (χ2v) is 5.36. The Morgan fingerprint density at radius 3 is 2.85 bits per heavy atom. The number of nitrogens with one attached hydrogen (secondary N) is 1. The van der Waals surface area contributed by atoms with Crippen molar-refractivity contribution in [3.8, 4) is 0 Å². The molecule has 0 saturated carbocycles. The Kier molecular flexibility index (Phi) is 4.84. The molecule has 0 aliphatic carbocycles. The molecule has 0 spiro atoms. The fraction of sp³-hybridized carbons (Fsp3) is 0.214. The maximum atomic E-state index is 13.8. The first kappa shape index (κ1) is 14.6. The Morgan fingerprint density at radius 1 is 1.40 bits per heavy atom. The molecule has 1 aromatic heterocycles. The van der Waals surface area contributed by atoms with E-state index in [1.165, 1.54) is 23.8 Å². The van der Waals surface area contributed by atoms with Gasteiger partial charge in [0.25, 0.3) is 5.91 Å². The standard InChI is InChI=1S/C14H16FN3OS/c1-18(7-10-4-5-20-9-10)8-12-6-11(14(19)17-16)2-3-13(12)15/h2-6,9H,7-8,16H2,1H3,(H,17,19). The van der Waals surface area contributed by atoms with Crippen molar-refractivity contribution in [2.24, 2.45) is 5.84 Å². The first-order valence-corrected chi connectivity index (χ1v) is 7.03. The molecule has 20 heavy (non-hydrogen) atoms. The number of nitrogen functional groups attached to an aromatic ring is 1. The molecule has 4 nitrogen and oxygen atoms in total. The molecule has 0 bridgehead atoms. The summed E-state index contributed by atoms with van der Waals surface area (Å²) in [5.41, 5.74) is 4.06. The number of nitrogens with two attached hydrogens (primary N) is 1. The minimum atomic E-state index is -0.424. The lowest BCUT2D eigenvalue weighted by Crippen LogP contribution is -2.30. The Labute approximate surface area is 121 Å². The number of hydrogen-bond acceptors (Lipinski definition) is 4. The van der Waals surface area contributed by atoms with E-state index in [4.69, 9.17) is 5.84 Å². The van der Waals surface area contributed by atoms with Gasteiger partial charge in [-0.1, -0.05) is 0 Å². The third kappa shape index (κ3) is 3.63. The fourth-order valence-electron chi connectivity index (χ4n) is 1.96. The molecule has 2 aromatic rings. The highest BCUT2D eigenvalue weighted by Gasteiger charge is 2.11. The van der Waals surface area contributed by atoms with E-state index in [0.717, 1.165) is 6.54 Å². The van der Waals surface area contributed by atoms with E-state index >= 15 is 0 Å². The molecule has 106 valence electrons. The predicted octanol–water partition coefficient (Wildman–Crippen LogP) is 2.12. The lowest BCUT2D eigenvalue weighted by atomic mass is 10.1. The van der Waals surface area contributed by atoms with Gasteiger partial charge < -0.3 is 0 Å². The summed E-state index contributed by atoms with van der Waals surface area (Å²) in [6.07, 6.45) is 0. The lowest BCUT2D eigenvalue weighted by Gasteiger charge is -2.17. The van der Waals surface area contributed by atoms with Gasteiger partial charge in [-0.3, -0.25) is 15.1 Å². The van der Waals surface area contributed by atoms with Crippen LogP contribution in [0.4, 0.5) is 4.39 Å². The van der Waals surface area contributed by atoms with Crippen LogP contribution in [0.3, 0.4) is 0 Å². The number of carbonyl (C=O) groups is 1. The summed E-state index contributed by atoms with van der Waals surface area (Å²) < 4.78 is 13.8. The highest BCUT2D eigenvalue weighted by atomic mass is 32.1. The van der Waals surface area contributed by atoms with Crippen molar-refractivity contribution in [1.29, 1.82) is 0 Å². The van der Waals surface area contributed by atoms with Gasteiger partial charge in [0, 0.05) is 24.2 Å². The number of hydrazine groups is 1. The molecular weight excluding hydrogens is 277 g/mol. The minimum absolute atomic E-state index is 0.323. The number of thiophene rings is 1. The molecule has 1 aromatic carbocycles. The summed E-state index contributed by atoms with van der Waals surface area (Å²) in [6.45, 7) is 1.16. The summed E-state index contributed by atoms with van der Waals surface area (Å²) in [5, 5.41) is 4.07. The number of benzene rings is 1. The number of carbonyl (C=O) groups excluding carboxylic acids is 1. The summed E-state index contributed by atoms with van der Waals surface area (Å²) in [6, 6.07) is 6.27. The van der Waals surface area contributed by atoms with Crippen molar-refractivity contribution in [3.05, 3.63) is 57.5 Å². The van der Waals surface area contributed by atoms with Crippen molar-refractivity contribution in [2.45, 2.75) is 13.1 Å². The number of halogens is 1.